The van der Waals surface area contributed by atoms with E-state index in [-0.39, 0.29) is 18.3 Å². The molecule has 0 bridgehead atoms. The lowest BCUT2D eigenvalue weighted by Gasteiger charge is -2.08. The molecule has 0 aliphatic heterocycles. The van der Waals surface area contributed by atoms with E-state index in [0.29, 0.717) is 19.8 Å². The molecule has 0 aliphatic carbocycles. The van der Waals surface area contributed by atoms with Crippen LogP contribution in [-0.4, -0.2) is 32.2 Å². The van der Waals surface area contributed by atoms with Gasteiger partial charge in [-0.05, 0) is 31.0 Å². The third kappa shape index (κ3) is 7.33. The van der Waals surface area contributed by atoms with Crippen LogP contribution in [0.2, 0.25) is 0 Å². The number of halogens is 1. The maximum absolute atomic E-state index is 11.2. The van der Waals surface area contributed by atoms with Crippen molar-refractivity contribution in [3.8, 4) is 5.75 Å². The zero-order chi connectivity index (χ0) is 14.1. The SMILES string of the molecule is COc1ccc(COCCCNC(=O)[C@H](C)N)cc1.Cl. The fourth-order valence-corrected chi connectivity index (χ4v) is 1.46. The fraction of sp³-hybridized carbons (Fsp3) is 0.500. The monoisotopic (exact) mass is 302 g/mol. The molecular formula is C14H23ClN2O3. The summed E-state index contributed by atoms with van der Waals surface area (Å²) in [5, 5.41) is 2.74. The highest BCUT2D eigenvalue weighted by Crippen LogP contribution is 2.11. The largest absolute Gasteiger partial charge is 0.497 e. The van der Waals surface area contributed by atoms with Gasteiger partial charge in [0.1, 0.15) is 5.75 Å². The van der Waals surface area contributed by atoms with Gasteiger partial charge < -0.3 is 20.5 Å². The molecule has 0 aromatic heterocycles. The first-order valence-electron chi connectivity index (χ1n) is 6.37. The molecule has 1 rings (SSSR count). The number of hydrogen-bond acceptors (Lipinski definition) is 4. The van der Waals surface area contributed by atoms with Crippen LogP contribution < -0.4 is 15.8 Å². The predicted molar refractivity (Wildman–Crippen MR) is 81.2 cm³/mol. The van der Waals surface area contributed by atoms with Gasteiger partial charge in [-0.25, -0.2) is 0 Å². The number of benzene rings is 1. The molecule has 5 nitrogen and oxygen atoms in total. The summed E-state index contributed by atoms with van der Waals surface area (Å²) in [6.45, 7) is 3.41. The zero-order valence-corrected chi connectivity index (χ0v) is 12.7. The molecule has 1 aromatic carbocycles. The van der Waals surface area contributed by atoms with Crippen LogP contribution in [0, 0.1) is 0 Å². The molecule has 20 heavy (non-hydrogen) atoms. The molecule has 0 radical (unpaired) electrons. The van der Waals surface area contributed by atoms with Crippen molar-refractivity contribution in [2.45, 2.75) is 26.0 Å². The van der Waals surface area contributed by atoms with Crippen LogP contribution in [0.1, 0.15) is 18.9 Å². The second-order valence-corrected chi connectivity index (χ2v) is 4.33. The smallest absolute Gasteiger partial charge is 0.236 e. The van der Waals surface area contributed by atoms with Gasteiger partial charge in [-0.1, -0.05) is 12.1 Å². The summed E-state index contributed by atoms with van der Waals surface area (Å²) in [6.07, 6.45) is 0.772. The summed E-state index contributed by atoms with van der Waals surface area (Å²) >= 11 is 0. The van der Waals surface area contributed by atoms with E-state index in [1.54, 1.807) is 14.0 Å². The van der Waals surface area contributed by atoms with E-state index in [4.69, 9.17) is 15.2 Å². The second kappa shape index (κ2) is 10.5. The molecule has 1 aromatic rings. The normalized spacial score (nSPS) is 11.3. The zero-order valence-electron chi connectivity index (χ0n) is 11.9. The van der Waals surface area contributed by atoms with Crippen molar-refractivity contribution in [1.82, 2.24) is 5.32 Å². The Hall–Kier alpha value is -1.30. The summed E-state index contributed by atoms with van der Waals surface area (Å²) in [6, 6.07) is 7.29. The predicted octanol–water partition coefficient (Wildman–Crippen LogP) is 1.49. The molecule has 0 fully saturated rings. The van der Waals surface area contributed by atoms with Crippen LogP contribution >= 0.6 is 12.4 Å². The van der Waals surface area contributed by atoms with Crippen molar-refractivity contribution >= 4 is 18.3 Å². The van der Waals surface area contributed by atoms with Gasteiger partial charge in [-0.2, -0.15) is 0 Å². The minimum atomic E-state index is -0.458. The molecule has 0 aliphatic rings. The van der Waals surface area contributed by atoms with E-state index in [9.17, 15) is 4.79 Å². The highest BCUT2D eigenvalue weighted by Gasteiger charge is 2.04. The number of hydrogen-bond donors (Lipinski definition) is 2. The van der Waals surface area contributed by atoms with Gasteiger partial charge in [0.25, 0.3) is 0 Å². The summed E-state index contributed by atoms with van der Waals surface area (Å²) < 4.78 is 10.6. The summed E-state index contributed by atoms with van der Waals surface area (Å²) in [4.78, 5) is 11.2. The number of amides is 1. The Morgan fingerprint density at radius 2 is 2.00 bits per heavy atom. The fourth-order valence-electron chi connectivity index (χ4n) is 1.46. The molecule has 3 N–H and O–H groups in total. The quantitative estimate of drug-likeness (QED) is 0.714. The van der Waals surface area contributed by atoms with Crippen molar-refractivity contribution in [3.63, 3.8) is 0 Å². The van der Waals surface area contributed by atoms with Crippen LogP contribution in [0.4, 0.5) is 0 Å². The molecule has 0 unspecified atom stereocenters. The van der Waals surface area contributed by atoms with Gasteiger partial charge in [0.2, 0.25) is 5.91 Å². The number of methoxy groups -OCH3 is 1. The van der Waals surface area contributed by atoms with E-state index < -0.39 is 6.04 Å². The van der Waals surface area contributed by atoms with E-state index >= 15 is 0 Å². The first kappa shape index (κ1) is 18.7. The number of nitrogens with two attached hydrogens (primary N) is 1. The van der Waals surface area contributed by atoms with Crippen molar-refractivity contribution in [1.29, 1.82) is 0 Å². The minimum Gasteiger partial charge on any atom is -0.497 e. The third-order valence-electron chi connectivity index (χ3n) is 2.61. The van der Waals surface area contributed by atoms with E-state index in [2.05, 4.69) is 5.32 Å². The van der Waals surface area contributed by atoms with E-state index in [0.717, 1.165) is 17.7 Å². The Kier molecular flexibility index (Phi) is 9.80. The van der Waals surface area contributed by atoms with E-state index in [1.165, 1.54) is 0 Å². The Balaban J connectivity index is 0.00000361. The van der Waals surface area contributed by atoms with Gasteiger partial charge in [0.15, 0.2) is 0 Å². The van der Waals surface area contributed by atoms with Gasteiger partial charge >= 0.3 is 0 Å². The lowest BCUT2D eigenvalue weighted by Crippen LogP contribution is -2.38. The maximum Gasteiger partial charge on any atom is 0.236 e. The lowest BCUT2D eigenvalue weighted by atomic mass is 10.2. The summed E-state index contributed by atoms with van der Waals surface area (Å²) in [7, 11) is 1.64. The first-order chi connectivity index (χ1) is 9.13. The maximum atomic E-state index is 11.2. The molecule has 0 saturated carbocycles. The highest BCUT2D eigenvalue weighted by molar-refractivity contribution is 5.85. The van der Waals surface area contributed by atoms with Gasteiger partial charge in [-0.3, -0.25) is 4.79 Å². The number of nitrogens with one attached hydrogen (secondary N) is 1. The standard InChI is InChI=1S/C14H22N2O3.ClH/c1-11(15)14(17)16-8-3-9-19-10-12-4-6-13(18-2)7-5-12;/h4-7,11H,3,8-10,15H2,1-2H3,(H,16,17);1H/t11-;/m0./s1. The number of ether oxygens (including phenoxy) is 2. The van der Waals surface area contributed by atoms with Crippen LogP contribution in [-0.2, 0) is 16.1 Å². The molecule has 0 saturated heterocycles. The Morgan fingerprint density at radius 3 is 2.55 bits per heavy atom. The molecule has 0 spiro atoms. The highest BCUT2D eigenvalue weighted by atomic mass is 35.5. The van der Waals surface area contributed by atoms with Crippen LogP contribution in [0.3, 0.4) is 0 Å². The average molecular weight is 303 g/mol. The van der Waals surface area contributed by atoms with Crippen LogP contribution in [0.5, 0.6) is 5.75 Å². The summed E-state index contributed by atoms with van der Waals surface area (Å²) in [5.41, 5.74) is 6.52. The van der Waals surface area contributed by atoms with Crippen LogP contribution in [0.15, 0.2) is 24.3 Å². The molecule has 6 heteroatoms. The topological polar surface area (TPSA) is 73.6 Å². The van der Waals surface area contributed by atoms with Crippen molar-refractivity contribution in [3.05, 3.63) is 29.8 Å². The Morgan fingerprint density at radius 1 is 1.35 bits per heavy atom. The second-order valence-electron chi connectivity index (χ2n) is 4.33. The van der Waals surface area contributed by atoms with Crippen molar-refractivity contribution < 1.29 is 14.3 Å². The number of carbonyl (C=O) groups excluding carboxylic acids is 1. The molecule has 114 valence electrons. The number of carbonyl (C=O) groups is 1. The summed E-state index contributed by atoms with van der Waals surface area (Å²) in [5.74, 6) is 0.706. The lowest BCUT2D eigenvalue weighted by molar-refractivity contribution is -0.122. The third-order valence-corrected chi connectivity index (χ3v) is 2.61. The first-order valence-corrected chi connectivity index (χ1v) is 6.37. The van der Waals surface area contributed by atoms with Crippen molar-refractivity contribution in [2.75, 3.05) is 20.3 Å². The molecular weight excluding hydrogens is 280 g/mol. The van der Waals surface area contributed by atoms with Crippen molar-refractivity contribution in [2.24, 2.45) is 5.73 Å². The number of rotatable bonds is 8. The van der Waals surface area contributed by atoms with Gasteiger partial charge in [0.05, 0.1) is 19.8 Å². The van der Waals surface area contributed by atoms with Crippen LogP contribution in [0.25, 0.3) is 0 Å². The Labute approximate surface area is 126 Å². The van der Waals surface area contributed by atoms with E-state index in [1.807, 2.05) is 24.3 Å². The molecule has 1 atom stereocenters. The van der Waals surface area contributed by atoms with Gasteiger partial charge in [0, 0.05) is 13.2 Å². The van der Waals surface area contributed by atoms with Gasteiger partial charge in [-0.15, -0.1) is 12.4 Å². The molecule has 0 heterocycles. The molecule has 1 amide bonds. The average Bonchev–Trinajstić information content (AvgIpc) is 2.42. The Bertz CT molecular complexity index is 383. The minimum absolute atomic E-state index is 0.